The molecule has 2 atom stereocenters. The second-order valence-corrected chi connectivity index (χ2v) is 4.98. The molecule has 1 saturated heterocycles. The Balaban J connectivity index is 2.46. The summed E-state index contributed by atoms with van der Waals surface area (Å²) in [6.07, 6.45) is 3.35. The molecule has 0 bridgehead atoms. The van der Waals surface area contributed by atoms with Gasteiger partial charge in [0.1, 0.15) is 12.6 Å². The van der Waals surface area contributed by atoms with Crippen molar-refractivity contribution in [3.05, 3.63) is 0 Å². The fraction of sp³-hybridized carbons (Fsp3) is 0.846. The lowest BCUT2D eigenvalue weighted by atomic mass is 9.92. The average molecular weight is 257 g/mol. The first-order valence-corrected chi connectivity index (χ1v) is 6.66. The van der Waals surface area contributed by atoms with Gasteiger partial charge in [-0.2, -0.15) is 0 Å². The van der Waals surface area contributed by atoms with Gasteiger partial charge in [-0.1, -0.05) is 20.3 Å². The zero-order valence-corrected chi connectivity index (χ0v) is 11.2. The Kier molecular flexibility index (Phi) is 6.12. The van der Waals surface area contributed by atoms with E-state index in [1.165, 1.54) is 4.90 Å². The van der Waals surface area contributed by atoms with Crippen LogP contribution in [0, 0.1) is 5.92 Å². The van der Waals surface area contributed by atoms with E-state index in [2.05, 4.69) is 6.92 Å². The van der Waals surface area contributed by atoms with Gasteiger partial charge in [-0.05, 0) is 25.2 Å². The monoisotopic (exact) mass is 257 g/mol. The van der Waals surface area contributed by atoms with Crippen molar-refractivity contribution in [2.24, 2.45) is 5.92 Å². The largest absolute Gasteiger partial charge is 0.480 e. The number of unbranched alkanes of at least 4 members (excludes halogenated alkanes) is 1. The number of rotatable bonds is 6. The maximum Gasteiger partial charge on any atom is 0.326 e. The molecule has 1 amide bonds. The van der Waals surface area contributed by atoms with E-state index in [0.717, 1.165) is 19.3 Å². The molecule has 18 heavy (non-hydrogen) atoms. The van der Waals surface area contributed by atoms with Gasteiger partial charge in [-0.15, -0.1) is 0 Å². The number of hydrogen-bond acceptors (Lipinski definition) is 3. The number of carboxylic acids is 1. The van der Waals surface area contributed by atoms with Crippen LogP contribution in [0.25, 0.3) is 0 Å². The van der Waals surface area contributed by atoms with Crippen LogP contribution >= 0.6 is 0 Å². The summed E-state index contributed by atoms with van der Waals surface area (Å²) >= 11 is 0. The Hall–Kier alpha value is -1.10. The average Bonchev–Trinajstić information content (AvgIpc) is 2.34. The molecule has 5 heteroatoms. The molecule has 2 unspecified atom stereocenters. The van der Waals surface area contributed by atoms with Gasteiger partial charge in [-0.25, -0.2) is 4.79 Å². The molecule has 0 saturated carbocycles. The highest BCUT2D eigenvalue weighted by Crippen LogP contribution is 2.22. The molecule has 104 valence electrons. The number of amides is 1. The number of carbonyl (C=O) groups excluding carboxylic acids is 1. The first kappa shape index (κ1) is 15.0. The summed E-state index contributed by atoms with van der Waals surface area (Å²) in [5, 5.41) is 9.15. The van der Waals surface area contributed by atoms with Crippen LogP contribution in [0.2, 0.25) is 0 Å². The predicted octanol–water partition coefficient (Wildman–Crippen LogP) is 1.51. The lowest BCUT2D eigenvalue weighted by molar-refractivity contribution is -0.155. The van der Waals surface area contributed by atoms with Gasteiger partial charge in [-0.3, -0.25) is 4.79 Å². The maximum absolute atomic E-state index is 11.9. The second-order valence-electron chi connectivity index (χ2n) is 4.98. The first-order chi connectivity index (χ1) is 8.56. The van der Waals surface area contributed by atoms with Crippen molar-refractivity contribution in [3.8, 4) is 0 Å². The summed E-state index contributed by atoms with van der Waals surface area (Å²) in [5.41, 5.74) is 0. The number of likely N-dealkylation sites (tertiary alicyclic amines) is 1. The van der Waals surface area contributed by atoms with Gasteiger partial charge < -0.3 is 14.7 Å². The minimum Gasteiger partial charge on any atom is -0.480 e. The highest BCUT2D eigenvalue weighted by atomic mass is 16.5. The van der Waals surface area contributed by atoms with Crippen molar-refractivity contribution in [3.63, 3.8) is 0 Å². The molecule has 0 aromatic rings. The van der Waals surface area contributed by atoms with Gasteiger partial charge in [0, 0.05) is 13.2 Å². The SMILES string of the molecule is CCCCOCC(=O)N1CCC(C)CC1C(=O)O. The molecule has 1 fully saturated rings. The molecule has 5 nitrogen and oxygen atoms in total. The van der Waals surface area contributed by atoms with E-state index in [1.807, 2.05) is 6.92 Å². The van der Waals surface area contributed by atoms with Crippen molar-refractivity contribution in [2.75, 3.05) is 19.8 Å². The van der Waals surface area contributed by atoms with Crippen LogP contribution in [0.1, 0.15) is 39.5 Å². The minimum absolute atomic E-state index is 0.00182. The third-order valence-corrected chi connectivity index (χ3v) is 3.34. The molecule has 0 spiro atoms. The van der Waals surface area contributed by atoms with Gasteiger partial charge in [0.05, 0.1) is 0 Å². The molecule has 1 rings (SSSR count). The number of aliphatic carboxylic acids is 1. The molecule has 1 aliphatic rings. The Morgan fingerprint density at radius 2 is 2.17 bits per heavy atom. The quantitative estimate of drug-likeness (QED) is 0.732. The standard InChI is InChI=1S/C13H23NO4/c1-3-4-7-18-9-12(15)14-6-5-10(2)8-11(14)13(16)17/h10-11H,3-9H2,1-2H3,(H,16,17). The van der Waals surface area contributed by atoms with E-state index in [4.69, 9.17) is 9.84 Å². The van der Waals surface area contributed by atoms with Gasteiger partial charge >= 0.3 is 5.97 Å². The number of piperidine rings is 1. The lowest BCUT2D eigenvalue weighted by Gasteiger charge is -2.35. The zero-order chi connectivity index (χ0) is 13.5. The third kappa shape index (κ3) is 4.29. The van der Waals surface area contributed by atoms with E-state index >= 15 is 0 Å². The Morgan fingerprint density at radius 1 is 1.44 bits per heavy atom. The normalized spacial score (nSPS) is 24.0. The summed E-state index contributed by atoms with van der Waals surface area (Å²) in [6, 6.07) is -0.684. The van der Waals surface area contributed by atoms with E-state index < -0.39 is 12.0 Å². The van der Waals surface area contributed by atoms with Crippen molar-refractivity contribution in [1.29, 1.82) is 0 Å². The summed E-state index contributed by atoms with van der Waals surface area (Å²) in [6.45, 7) is 5.16. The minimum atomic E-state index is -0.913. The van der Waals surface area contributed by atoms with Crippen molar-refractivity contribution in [2.45, 2.75) is 45.6 Å². The van der Waals surface area contributed by atoms with Crippen LogP contribution in [0.3, 0.4) is 0 Å². The molecular weight excluding hydrogens is 234 g/mol. The van der Waals surface area contributed by atoms with Crippen molar-refractivity contribution >= 4 is 11.9 Å². The van der Waals surface area contributed by atoms with Crippen LogP contribution in [0.4, 0.5) is 0 Å². The molecule has 0 aromatic heterocycles. The maximum atomic E-state index is 11.9. The molecule has 1 heterocycles. The van der Waals surface area contributed by atoms with E-state index in [1.54, 1.807) is 0 Å². The molecule has 0 aliphatic carbocycles. The Bertz CT molecular complexity index is 293. The van der Waals surface area contributed by atoms with E-state index in [-0.39, 0.29) is 12.5 Å². The number of hydrogen-bond donors (Lipinski definition) is 1. The van der Waals surface area contributed by atoms with E-state index in [9.17, 15) is 9.59 Å². The van der Waals surface area contributed by atoms with Crippen LogP contribution in [-0.2, 0) is 14.3 Å². The number of carbonyl (C=O) groups is 2. The number of carboxylic acid groups (broad SMARTS) is 1. The molecule has 1 N–H and O–H groups in total. The number of ether oxygens (including phenoxy) is 1. The van der Waals surface area contributed by atoms with Gasteiger partial charge in [0.15, 0.2) is 0 Å². The molecule has 1 aliphatic heterocycles. The highest BCUT2D eigenvalue weighted by Gasteiger charge is 2.34. The topological polar surface area (TPSA) is 66.8 Å². The van der Waals surface area contributed by atoms with Crippen LogP contribution in [0.15, 0.2) is 0 Å². The summed E-state index contributed by atoms with van der Waals surface area (Å²) in [5.74, 6) is -0.759. The van der Waals surface area contributed by atoms with Crippen molar-refractivity contribution < 1.29 is 19.4 Å². The fourth-order valence-electron chi connectivity index (χ4n) is 2.16. The summed E-state index contributed by atoms with van der Waals surface area (Å²) in [7, 11) is 0. The predicted molar refractivity (Wildman–Crippen MR) is 67.3 cm³/mol. The second kappa shape index (κ2) is 7.36. The Morgan fingerprint density at radius 3 is 2.78 bits per heavy atom. The van der Waals surface area contributed by atoms with E-state index in [0.29, 0.717) is 25.5 Å². The van der Waals surface area contributed by atoms with Crippen molar-refractivity contribution in [1.82, 2.24) is 4.90 Å². The van der Waals surface area contributed by atoms with Crippen LogP contribution in [-0.4, -0.2) is 47.7 Å². The third-order valence-electron chi connectivity index (χ3n) is 3.34. The first-order valence-electron chi connectivity index (χ1n) is 6.66. The Labute approximate surface area is 108 Å². The van der Waals surface area contributed by atoms with Crippen LogP contribution in [0.5, 0.6) is 0 Å². The van der Waals surface area contributed by atoms with Gasteiger partial charge in [0.25, 0.3) is 0 Å². The number of nitrogens with zero attached hydrogens (tertiary/aromatic N) is 1. The molecule has 0 aromatic carbocycles. The lowest BCUT2D eigenvalue weighted by Crippen LogP contribution is -2.50. The van der Waals surface area contributed by atoms with Gasteiger partial charge in [0.2, 0.25) is 5.91 Å². The van der Waals surface area contributed by atoms with Crippen LogP contribution < -0.4 is 0 Å². The smallest absolute Gasteiger partial charge is 0.326 e. The zero-order valence-electron chi connectivity index (χ0n) is 11.2. The molecular formula is C13H23NO4. The summed E-state index contributed by atoms with van der Waals surface area (Å²) in [4.78, 5) is 24.5. The molecule has 0 radical (unpaired) electrons. The summed E-state index contributed by atoms with van der Waals surface area (Å²) < 4.78 is 5.26. The fourth-order valence-corrected chi connectivity index (χ4v) is 2.16. The highest BCUT2D eigenvalue weighted by molar-refractivity contribution is 5.84.